The quantitative estimate of drug-likeness (QED) is 0.0450. The zero-order valence-corrected chi connectivity index (χ0v) is 41.3. The van der Waals surface area contributed by atoms with Crippen molar-refractivity contribution in [2.75, 3.05) is 13.2 Å². The molecule has 0 aliphatic carbocycles. The predicted octanol–water partition coefficient (Wildman–Crippen LogP) is 4.52. The SMILES string of the molecule is CC(C)C[C@H](CC(=O)[C@H](Cc1ccccc1)NC(=O)c1cnccn1)B1OC(=O)[C@@H](CC(=O)OCCCOC(=O)C[C@H]2OB([C@@H](CC(=O)[C@H](Cc3ccccc3)NC(=O)c3cnccn3)CC(C)C)OC2=O)O1. The monoisotopic (exact) mass is 1000 g/mol. The second-order valence-electron chi connectivity index (χ2n) is 18.8. The third kappa shape index (κ3) is 17.5. The summed E-state index contributed by atoms with van der Waals surface area (Å²) in [6.45, 7) is 7.42. The molecule has 2 N–H and O–H groups in total. The number of nitrogens with one attached hydrogen (secondary N) is 2. The number of carbonyl (C=O) groups excluding carboxylic acids is 8. The van der Waals surface area contributed by atoms with Gasteiger partial charge in [-0.05, 0) is 48.6 Å². The Morgan fingerprint density at radius 3 is 1.34 bits per heavy atom. The smallest absolute Gasteiger partial charge is 0.507 e. The average Bonchev–Trinajstić information content (AvgIpc) is 3.93. The van der Waals surface area contributed by atoms with Crippen LogP contribution >= 0.6 is 0 Å². The largest absolute Gasteiger partial charge is 0.531 e. The second kappa shape index (κ2) is 27.6. The molecule has 0 unspecified atom stereocenters. The number of ether oxygens (including phenoxy) is 2. The molecule has 6 rings (SSSR count). The number of esters is 2. The molecule has 73 heavy (non-hydrogen) atoms. The van der Waals surface area contributed by atoms with Gasteiger partial charge in [-0.15, -0.1) is 0 Å². The van der Waals surface area contributed by atoms with E-state index in [2.05, 4.69) is 30.6 Å². The fraction of sp³-hybridized carbons (Fsp3) is 0.451. The highest BCUT2D eigenvalue weighted by atomic mass is 16.7. The van der Waals surface area contributed by atoms with Crippen molar-refractivity contribution in [2.24, 2.45) is 11.8 Å². The van der Waals surface area contributed by atoms with Crippen LogP contribution in [0.5, 0.6) is 0 Å². The number of nitrogens with zero attached hydrogens (tertiary/aromatic N) is 4. The highest BCUT2D eigenvalue weighted by Crippen LogP contribution is 2.34. The van der Waals surface area contributed by atoms with E-state index in [1.807, 2.05) is 88.4 Å². The Hall–Kier alpha value is -7.19. The van der Waals surface area contributed by atoms with Crippen LogP contribution in [0, 0.1) is 11.8 Å². The highest BCUT2D eigenvalue weighted by Gasteiger charge is 2.49. The molecule has 2 aromatic carbocycles. The Morgan fingerprint density at radius 1 is 0.589 bits per heavy atom. The van der Waals surface area contributed by atoms with Crippen LogP contribution < -0.4 is 10.6 Å². The van der Waals surface area contributed by atoms with E-state index in [4.69, 9.17) is 28.1 Å². The summed E-state index contributed by atoms with van der Waals surface area (Å²) >= 11 is 0. The van der Waals surface area contributed by atoms with Crippen molar-refractivity contribution in [3.8, 4) is 0 Å². The number of Topliss-reactive ketones (excluding diaryl/α,β-unsaturated/α-hetero) is 2. The molecule has 2 saturated heterocycles. The third-order valence-electron chi connectivity index (χ3n) is 11.9. The minimum absolute atomic E-state index is 0.0441. The fourth-order valence-electron chi connectivity index (χ4n) is 8.48. The Balaban J connectivity index is 0.943. The van der Waals surface area contributed by atoms with E-state index in [1.165, 1.54) is 37.2 Å². The van der Waals surface area contributed by atoms with Gasteiger partial charge < -0.3 is 38.7 Å². The van der Waals surface area contributed by atoms with E-state index in [1.54, 1.807) is 0 Å². The molecule has 384 valence electrons. The highest BCUT2D eigenvalue weighted by molar-refractivity contribution is 6.51. The van der Waals surface area contributed by atoms with E-state index >= 15 is 0 Å². The predicted molar refractivity (Wildman–Crippen MR) is 262 cm³/mol. The minimum Gasteiger partial charge on any atom is -0.507 e. The molecule has 2 amide bonds. The maximum atomic E-state index is 13.9. The molecule has 2 fully saturated rings. The van der Waals surface area contributed by atoms with Gasteiger partial charge in [-0.25, -0.2) is 9.97 Å². The second-order valence-corrected chi connectivity index (χ2v) is 18.8. The van der Waals surface area contributed by atoms with E-state index in [-0.39, 0.29) is 80.1 Å². The molecule has 0 bridgehead atoms. The van der Waals surface area contributed by atoms with Gasteiger partial charge in [-0.1, -0.05) is 88.4 Å². The Bertz CT molecular complexity index is 2320. The van der Waals surface area contributed by atoms with Crippen LogP contribution in [0.4, 0.5) is 0 Å². The van der Waals surface area contributed by atoms with Crippen LogP contribution in [-0.4, -0.2) is 119 Å². The summed E-state index contributed by atoms with van der Waals surface area (Å²) in [4.78, 5) is 122. The topological polar surface area (TPSA) is 268 Å². The van der Waals surface area contributed by atoms with Crippen LogP contribution in [0.15, 0.2) is 97.8 Å². The molecule has 20 nitrogen and oxygen atoms in total. The molecule has 2 aromatic heterocycles. The number of rotatable bonds is 28. The third-order valence-corrected chi connectivity index (χ3v) is 11.9. The van der Waals surface area contributed by atoms with Crippen LogP contribution in [0.2, 0.25) is 11.6 Å². The molecule has 4 aromatic rings. The van der Waals surface area contributed by atoms with Gasteiger partial charge in [0, 0.05) is 55.7 Å². The molecule has 0 spiro atoms. The number of carbonyl (C=O) groups is 8. The maximum absolute atomic E-state index is 13.9. The normalized spacial score (nSPS) is 17.0. The zero-order valence-electron chi connectivity index (χ0n) is 41.3. The van der Waals surface area contributed by atoms with Gasteiger partial charge in [-0.2, -0.15) is 0 Å². The van der Waals surface area contributed by atoms with Crippen LogP contribution in [0.1, 0.15) is 105 Å². The summed E-state index contributed by atoms with van der Waals surface area (Å²) in [6.07, 6.45) is 5.78. The van der Waals surface area contributed by atoms with Crippen molar-refractivity contribution in [1.29, 1.82) is 0 Å². The number of benzene rings is 2. The van der Waals surface area contributed by atoms with Crippen molar-refractivity contribution in [2.45, 2.75) is 121 Å². The average molecular weight is 1000 g/mol. The van der Waals surface area contributed by atoms with E-state index in [0.717, 1.165) is 11.1 Å². The lowest BCUT2D eigenvalue weighted by atomic mass is 9.65. The fourth-order valence-corrected chi connectivity index (χ4v) is 8.48. The van der Waals surface area contributed by atoms with Crippen molar-refractivity contribution >= 4 is 61.5 Å². The number of hydrogen-bond donors (Lipinski definition) is 2. The van der Waals surface area contributed by atoms with E-state index in [0.29, 0.717) is 12.8 Å². The molecule has 0 saturated carbocycles. The lowest BCUT2D eigenvalue weighted by molar-refractivity contribution is -0.152. The molecule has 22 heteroatoms. The number of hydrogen-bond acceptors (Lipinski definition) is 18. The molecular formula is C51H60B2N6O14. The molecule has 6 atom stereocenters. The summed E-state index contributed by atoms with van der Waals surface area (Å²) in [5.74, 6) is -6.00. The summed E-state index contributed by atoms with van der Waals surface area (Å²) < 4.78 is 33.6. The van der Waals surface area contributed by atoms with E-state index in [9.17, 15) is 38.4 Å². The first kappa shape index (κ1) is 55.1. The van der Waals surface area contributed by atoms with Gasteiger partial charge in [0.25, 0.3) is 11.8 Å². The summed E-state index contributed by atoms with van der Waals surface area (Å²) in [7, 11) is -2.28. The first-order valence-electron chi connectivity index (χ1n) is 24.4. The van der Waals surface area contributed by atoms with Crippen molar-refractivity contribution in [3.63, 3.8) is 0 Å². The maximum Gasteiger partial charge on any atom is 0.531 e. The molecule has 0 radical (unpaired) electrons. The Labute approximate surface area is 424 Å². The van der Waals surface area contributed by atoms with Gasteiger partial charge >= 0.3 is 38.1 Å². The van der Waals surface area contributed by atoms with Crippen LogP contribution in [0.25, 0.3) is 0 Å². The van der Waals surface area contributed by atoms with Gasteiger partial charge in [0.1, 0.15) is 11.4 Å². The van der Waals surface area contributed by atoms with Gasteiger partial charge in [-0.3, -0.25) is 48.3 Å². The Kier molecular flexibility index (Phi) is 20.8. The molecule has 2 aliphatic rings. The van der Waals surface area contributed by atoms with Crippen LogP contribution in [0.3, 0.4) is 0 Å². The zero-order chi connectivity index (χ0) is 52.3. The minimum atomic E-state index is -1.30. The summed E-state index contributed by atoms with van der Waals surface area (Å²) in [5.41, 5.74) is 1.72. The van der Waals surface area contributed by atoms with E-state index < -0.39 is 98.7 Å². The Morgan fingerprint density at radius 2 is 0.986 bits per heavy atom. The first-order valence-corrected chi connectivity index (χ1v) is 24.4. The summed E-state index contributed by atoms with van der Waals surface area (Å²) in [6, 6.07) is 16.5. The first-order chi connectivity index (χ1) is 35.1. The lowest BCUT2D eigenvalue weighted by Gasteiger charge is -2.23. The number of amides is 2. The van der Waals surface area contributed by atoms with Gasteiger partial charge in [0.05, 0.1) is 50.5 Å². The molecule has 2 aliphatic heterocycles. The number of ketones is 2. The molecular weight excluding hydrogens is 942 g/mol. The van der Waals surface area contributed by atoms with Gasteiger partial charge in [0.2, 0.25) is 0 Å². The van der Waals surface area contributed by atoms with Crippen molar-refractivity contribution in [1.82, 2.24) is 30.6 Å². The molecule has 4 heterocycles. The van der Waals surface area contributed by atoms with Crippen molar-refractivity contribution < 1.29 is 66.4 Å². The van der Waals surface area contributed by atoms with Gasteiger partial charge in [0.15, 0.2) is 23.8 Å². The van der Waals surface area contributed by atoms with Crippen LogP contribution in [-0.2, 0) is 69.7 Å². The standard InChI is InChI=1S/C51H60B2N6O14/c1-32(2)22-36(26-42(60)38(24-34-12-7-5-8-13-34)58-48(64)40-30-54-16-18-56-40)52-70-44(50(66)72-52)28-46(62)68-20-11-21-69-47(63)29-45-51(67)73-53(71-45)37(23-33(3)4)27-43(61)39(25-35-14-9-6-10-15-35)59-49(65)41-31-55-17-19-57-41/h5-10,12-19,30-33,36-39,44-45H,11,20-29H2,1-4H3,(H,58,64)(H,59,65)/t36-,37-,38+,39+,44-,45-/m1/s1. The summed E-state index contributed by atoms with van der Waals surface area (Å²) in [5, 5.41) is 5.57. The lowest BCUT2D eigenvalue weighted by Crippen LogP contribution is -2.44. The van der Waals surface area contributed by atoms with Crippen molar-refractivity contribution in [3.05, 3.63) is 120 Å². The number of aromatic nitrogens is 4.